The lowest BCUT2D eigenvalue weighted by molar-refractivity contribution is -0.141. The number of hydrogen-bond acceptors (Lipinski definition) is 4. The monoisotopic (exact) mass is 329 g/mol. The molecular formula is C17H13F2N3O2. The molecule has 24 heavy (non-hydrogen) atoms. The van der Waals surface area contributed by atoms with E-state index in [0.29, 0.717) is 22.8 Å². The van der Waals surface area contributed by atoms with E-state index in [1.165, 1.54) is 36.1 Å². The number of aromatic nitrogens is 3. The van der Waals surface area contributed by atoms with Crippen molar-refractivity contribution in [3.05, 3.63) is 60.2 Å². The molecule has 5 nitrogen and oxygen atoms in total. The number of halogens is 2. The van der Waals surface area contributed by atoms with Crippen LogP contribution >= 0.6 is 0 Å². The lowest BCUT2D eigenvalue weighted by atomic mass is 10.2. The Morgan fingerprint density at radius 3 is 2.08 bits per heavy atom. The summed E-state index contributed by atoms with van der Waals surface area (Å²) in [6.45, 7) is -0.141. The number of rotatable bonds is 4. The quantitative estimate of drug-likeness (QED) is 0.690. The van der Waals surface area contributed by atoms with Gasteiger partial charge < -0.3 is 4.74 Å². The molecule has 0 fully saturated rings. The number of nitrogens with zero attached hydrogens (tertiary/aromatic N) is 3. The van der Waals surface area contributed by atoms with Crippen LogP contribution in [0, 0.1) is 11.6 Å². The van der Waals surface area contributed by atoms with E-state index in [0.717, 1.165) is 0 Å². The van der Waals surface area contributed by atoms with Gasteiger partial charge in [0, 0.05) is 11.1 Å². The van der Waals surface area contributed by atoms with Gasteiger partial charge in [0.15, 0.2) is 11.6 Å². The summed E-state index contributed by atoms with van der Waals surface area (Å²) in [5.41, 5.74) is 1.20. The van der Waals surface area contributed by atoms with Crippen molar-refractivity contribution in [2.24, 2.45) is 0 Å². The summed E-state index contributed by atoms with van der Waals surface area (Å²) in [5, 5.41) is 4.29. The molecule has 0 spiro atoms. The van der Waals surface area contributed by atoms with Crippen molar-refractivity contribution in [1.29, 1.82) is 0 Å². The van der Waals surface area contributed by atoms with E-state index in [-0.39, 0.29) is 18.2 Å². The van der Waals surface area contributed by atoms with Gasteiger partial charge in [-0.3, -0.25) is 4.79 Å². The van der Waals surface area contributed by atoms with Crippen LogP contribution in [0.1, 0.15) is 0 Å². The first-order valence-corrected chi connectivity index (χ1v) is 7.10. The van der Waals surface area contributed by atoms with Crippen LogP contribution in [0.25, 0.3) is 22.8 Å². The Morgan fingerprint density at radius 2 is 1.54 bits per heavy atom. The van der Waals surface area contributed by atoms with Crippen molar-refractivity contribution in [2.75, 3.05) is 7.11 Å². The fourth-order valence-corrected chi connectivity index (χ4v) is 2.17. The minimum Gasteiger partial charge on any atom is -0.468 e. The normalized spacial score (nSPS) is 10.6. The first-order chi connectivity index (χ1) is 11.6. The van der Waals surface area contributed by atoms with Crippen molar-refractivity contribution in [2.45, 2.75) is 6.54 Å². The minimum absolute atomic E-state index is 0.141. The van der Waals surface area contributed by atoms with Gasteiger partial charge in [-0.15, -0.1) is 5.10 Å². The second-order valence-corrected chi connectivity index (χ2v) is 5.01. The molecule has 0 N–H and O–H groups in total. The molecule has 0 saturated carbocycles. The number of ether oxygens (including phenoxy) is 1. The van der Waals surface area contributed by atoms with E-state index in [9.17, 15) is 13.6 Å². The predicted molar refractivity (Wildman–Crippen MR) is 82.8 cm³/mol. The van der Waals surface area contributed by atoms with Crippen LogP contribution < -0.4 is 0 Å². The van der Waals surface area contributed by atoms with Gasteiger partial charge in [0.1, 0.15) is 18.2 Å². The molecule has 0 bridgehead atoms. The molecular weight excluding hydrogens is 316 g/mol. The van der Waals surface area contributed by atoms with E-state index in [2.05, 4.69) is 14.8 Å². The van der Waals surface area contributed by atoms with Gasteiger partial charge in [-0.05, 0) is 48.5 Å². The van der Waals surface area contributed by atoms with Crippen LogP contribution in [0.3, 0.4) is 0 Å². The van der Waals surface area contributed by atoms with Gasteiger partial charge >= 0.3 is 5.97 Å². The Balaban J connectivity index is 2.06. The van der Waals surface area contributed by atoms with Crippen LogP contribution in [-0.4, -0.2) is 27.8 Å². The highest BCUT2D eigenvalue weighted by atomic mass is 19.1. The van der Waals surface area contributed by atoms with Gasteiger partial charge in [0.2, 0.25) is 0 Å². The maximum absolute atomic E-state index is 13.1. The van der Waals surface area contributed by atoms with Crippen LogP contribution in [-0.2, 0) is 16.1 Å². The summed E-state index contributed by atoms with van der Waals surface area (Å²) >= 11 is 0. The molecule has 2 aromatic carbocycles. The Morgan fingerprint density at radius 1 is 1.00 bits per heavy atom. The second-order valence-electron chi connectivity index (χ2n) is 5.01. The SMILES string of the molecule is COC(=O)Cn1nc(-c2ccc(F)cc2)nc1-c1ccc(F)cc1. The molecule has 1 aromatic heterocycles. The predicted octanol–water partition coefficient (Wildman–Crippen LogP) is 3.06. The van der Waals surface area contributed by atoms with E-state index in [4.69, 9.17) is 0 Å². The van der Waals surface area contributed by atoms with Gasteiger partial charge in [0.05, 0.1) is 7.11 Å². The fraction of sp³-hybridized carbons (Fsp3) is 0.118. The smallest absolute Gasteiger partial charge is 0.327 e. The van der Waals surface area contributed by atoms with Crippen molar-refractivity contribution in [3.63, 3.8) is 0 Å². The summed E-state index contributed by atoms with van der Waals surface area (Å²) in [6, 6.07) is 11.4. The lowest BCUT2D eigenvalue weighted by Crippen LogP contribution is -2.14. The first kappa shape index (κ1) is 15.8. The maximum Gasteiger partial charge on any atom is 0.327 e. The standard InChI is InChI=1S/C17H13F2N3O2/c1-24-15(23)10-22-17(12-4-8-14(19)9-5-12)20-16(21-22)11-2-6-13(18)7-3-11/h2-9H,10H2,1H3. The Kier molecular flexibility index (Phi) is 4.33. The Labute approximate surface area is 136 Å². The van der Waals surface area contributed by atoms with Crippen molar-refractivity contribution >= 4 is 5.97 Å². The average molecular weight is 329 g/mol. The highest BCUT2D eigenvalue weighted by Crippen LogP contribution is 2.23. The fourth-order valence-electron chi connectivity index (χ4n) is 2.17. The highest BCUT2D eigenvalue weighted by molar-refractivity contribution is 5.70. The summed E-state index contributed by atoms with van der Waals surface area (Å²) in [7, 11) is 1.28. The summed E-state index contributed by atoms with van der Waals surface area (Å²) < 4.78 is 32.2. The summed E-state index contributed by atoms with van der Waals surface area (Å²) in [5.74, 6) is -0.519. The molecule has 0 saturated heterocycles. The molecule has 7 heteroatoms. The van der Waals surface area contributed by atoms with Crippen molar-refractivity contribution in [3.8, 4) is 22.8 Å². The Bertz CT molecular complexity index is 859. The van der Waals surface area contributed by atoms with E-state index in [1.807, 2.05) is 0 Å². The topological polar surface area (TPSA) is 57.0 Å². The molecule has 122 valence electrons. The third-order valence-corrected chi connectivity index (χ3v) is 3.38. The van der Waals surface area contributed by atoms with Gasteiger partial charge in [-0.25, -0.2) is 18.4 Å². The zero-order valence-electron chi connectivity index (χ0n) is 12.7. The third-order valence-electron chi connectivity index (χ3n) is 3.38. The van der Waals surface area contributed by atoms with Gasteiger partial charge in [0.25, 0.3) is 0 Å². The molecule has 0 unspecified atom stereocenters. The van der Waals surface area contributed by atoms with E-state index in [1.54, 1.807) is 24.3 Å². The van der Waals surface area contributed by atoms with Crippen molar-refractivity contribution < 1.29 is 18.3 Å². The molecule has 0 aliphatic heterocycles. The van der Waals surface area contributed by atoms with Crippen LogP contribution in [0.4, 0.5) is 8.78 Å². The molecule has 1 heterocycles. The largest absolute Gasteiger partial charge is 0.468 e. The first-order valence-electron chi connectivity index (χ1n) is 7.10. The van der Waals surface area contributed by atoms with Gasteiger partial charge in [-0.2, -0.15) is 0 Å². The number of carbonyl (C=O) groups is 1. The molecule has 3 aromatic rings. The second kappa shape index (κ2) is 6.57. The van der Waals surface area contributed by atoms with E-state index >= 15 is 0 Å². The van der Waals surface area contributed by atoms with Crippen LogP contribution in [0.5, 0.6) is 0 Å². The number of carbonyl (C=O) groups excluding carboxylic acids is 1. The van der Waals surface area contributed by atoms with Gasteiger partial charge in [-0.1, -0.05) is 0 Å². The maximum atomic E-state index is 13.1. The van der Waals surface area contributed by atoms with Crippen LogP contribution in [0.2, 0.25) is 0 Å². The van der Waals surface area contributed by atoms with Crippen LogP contribution in [0.15, 0.2) is 48.5 Å². The third kappa shape index (κ3) is 3.29. The number of hydrogen-bond donors (Lipinski definition) is 0. The van der Waals surface area contributed by atoms with Crippen molar-refractivity contribution in [1.82, 2.24) is 14.8 Å². The average Bonchev–Trinajstić information content (AvgIpc) is 3.00. The number of methoxy groups -OCH3 is 1. The number of esters is 1. The Hall–Kier alpha value is -3.09. The molecule has 0 radical (unpaired) electrons. The molecule has 0 atom stereocenters. The summed E-state index contributed by atoms with van der Waals surface area (Å²) in [6.07, 6.45) is 0. The minimum atomic E-state index is -0.492. The molecule has 3 rings (SSSR count). The molecule has 0 aliphatic rings. The zero-order chi connectivity index (χ0) is 17.1. The number of benzene rings is 2. The van der Waals surface area contributed by atoms with E-state index < -0.39 is 5.97 Å². The lowest BCUT2D eigenvalue weighted by Gasteiger charge is -2.04. The molecule has 0 aliphatic carbocycles. The highest BCUT2D eigenvalue weighted by Gasteiger charge is 2.16. The zero-order valence-corrected chi connectivity index (χ0v) is 12.7. The summed E-state index contributed by atoms with van der Waals surface area (Å²) in [4.78, 5) is 16.0. The molecule has 0 amide bonds.